The molecule has 0 saturated heterocycles. The van der Waals surface area contributed by atoms with Crippen LogP contribution in [0.5, 0.6) is 0 Å². The van der Waals surface area contributed by atoms with Crippen LogP contribution in [0.2, 0.25) is 0 Å². The van der Waals surface area contributed by atoms with E-state index in [0.29, 0.717) is 5.56 Å². The fraction of sp³-hybridized carbons (Fsp3) is 0.0714. The van der Waals surface area contributed by atoms with Crippen LogP contribution in [0.25, 0.3) is 0 Å². The number of benzene rings is 2. The summed E-state index contributed by atoms with van der Waals surface area (Å²) in [6.07, 6.45) is 0. The molecule has 0 bridgehead atoms. The Bertz CT molecular complexity index is 613. The van der Waals surface area contributed by atoms with Gasteiger partial charge in [-0.1, -0.05) is 0 Å². The van der Waals surface area contributed by atoms with Gasteiger partial charge in [-0.05, 0) is 0 Å². The summed E-state index contributed by atoms with van der Waals surface area (Å²) in [4.78, 5) is 20.6. The number of carboxylic acids is 1. The van der Waals surface area contributed by atoms with Gasteiger partial charge in [0, 0.05) is 0 Å². The Labute approximate surface area is 121 Å². The van der Waals surface area contributed by atoms with Gasteiger partial charge in [0.2, 0.25) is 0 Å². The summed E-state index contributed by atoms with van der Waals surface area (Å²) >= 11 is -0.337. The van der Waals surface area contributed by atoms with Gasteiger partial charge in [-0.25, -0.2) is 0 Å². The molecule has 0 saturated carbocycles. The first-order valence-electron chi connectivity index (χ1n) is 5.75. The molecule has 102 valence electrons. The second-order valence-electron chi connectivity index (χ2n) is 3.98. The molecule has 0 fully saturated rings. The number of hydrogen-bond donors (Lipinski definition) is 0. The number of non-ortho nitro benzene ring substituents is 1. The monoisotopic (exact) mass is 336 g/mol. The van der Waals surface area contributed by atoms with Crippen molar-refractivity contribution >= 4 is 31.1 Å². The molecule has 0 amide bonds. The van der Waals surface area contributed by atoms with Crippen molar-refractivity contribution in [3.05, 3.63) is 70.3 Å². The van der Waals surface area contributed by atoms with Gasteiger partial charge in [0.25, 0.3) is 0 Å². The van der Waals surface area contributed by atoms with E-state index in [1.165, 1.54) is 24.3 Å². The number of rotatable bonds is 5. The molecular formula is C14H10NO4Se-. The standard InChI is InChI=1S/C14H11NO4Se/c16-14(17)13(20-12-4-2-1-3-5-12)10-6-8-11(9-7-10)15(18)19/h1-9,13H,(H,16,17)/p-1. The number of nitrogens with zero attached hydrogens (tertiary/aromatic N) is 1. The number of carbonyl (C=O) groups excluding carboxylic acids is 1. The normalized spacial score (nSPS) is 11.8. The van der Waals surface area contributed by atoms with Crippen molar-refractivity contribution in [2.45, 2.75) is 4.82 Å². The summed E-state index contributed by atoms with van der Waals surface area (Å²) in [6.45, 7) is 0. The maximum absolute atomic E-state index is 11.3. The predicted molar refractivity (Wildman–Crippen MR) is 72.7 cm³/mol. The first-order chi connectivity index (χ1) is 9.58. The summed E-state index contributed by atoms with van der Waals surface area (Å²) in [5.74, 6) is -1.16. The summed E-state index contributed by atoms with van der Waals surface area (Å²) in [5.41, 5.74) is 0.470. The zero-order chi connectivity index (χ0) is 14.5. The predicted octanol–water partition coefficient (Wildman–Crippen LogP) is 0.415. The number of carbonyl (C=O) groups is 1. The van der Waals surface area contributed by atoms with Crippen molar-refractivity contribution in [3.63, 3.8) is 0 Å². The number of nitro benzene ring substituents is 1. The minimum absolute atomic E-state index is 0.0574. The van der Waals surface area contributed by atoms with Crippen molar-refractivity contribution in [2.24, 2.45) is 0 Å². The molecule has 5 nitrogen and oxygen atoms in total. The molecule has 0 aromatic heterocycles. The van der Waals surface area contributed by atoms with E-state index < -0.39 is 15.7 Å². The number of hydrogen-bond acceptors (Lipinski definition) is 4. The van der Waals surface area contributed by atoms with E-state index in [1.54, 1.807) is 0 Å². The van der Waals surface area contributed by atoms with Crippen LogP contribution in [0.1, 0.15) is 10.4 Å². The Balaban J connectivity index is 2.25. The van der Waals surface area contributed by atoms with Crippen molar-refractivity contribution in [3.8, 4) is 0 Å². The van der Waals surface area contributed by atoms with Gasteiger partial charge in [0.05, 0.1) is 0 Å². The Hall–Kier alpha value is -2.17. The molecule has 1 unspecified atom stereocenters. The average Bonchev–Trinajstić information content (AvgIpc) is 2.45. The van der Waals surface area contributed by atoms with Gasteiger partial charge in [-0.15, -0.1) is 0 Å². The van der Waals surface area contributed by atoms with E-state index in [-0.39, 0.29) is 20.6 Å². The van der Waals surface area contributed by atoms with Crippen LogP contribution in [0.3, 0.4) is 0 Å². The molecule has 2 aromatic carbocycles. The molecule has 1 atom stereocenters. The SMILES string of the molecule is O=C([O-])C([Se]c1ccccc1)c1ccc([N+](=O)[O-])cc1. The maximum atomic E-state index is 11.3. The van der Waals surface area contributed by atoms with Crippen LogP contribution in [-0.4, -0.2) is 25.8 Å². The zero-order valence-corrected chi connectivity index (χ0v) is 12.0. The second-order valence-corrected chi connectivity index (χ2v) is 6.45. The second kappa shape index (κ2) is 6.32. The number of aliphatic carboxylic acids is 1. The van der Waals surface area contributed by atoms with E-state index >= 15 is 0 Å². The van der Waals surface area contributed by atoms with Gasteiger partial charge in [0.15, 0.2) is 0 Å². The average molecular weight is 335 g/mol. The van der Waals surface area contributed by atoms with Crippen molar-refractivity contribution in [2.75, 3.05) is 0 Å². The Kier molecular flexibility index (Phi) is 4.50. The first-order valence-corrected chi connectivity index (χ1v) is 7.59. The van der Waals surface area contributed by atoms with Crippen LogP contribution >= 0.6 is 0 Å². The van der Waals surface area contributed by atoms with Gasteiger partial charge in [-0.3, -0.25) is 0 Å². The Morgan fingerprint density at radius 3 is 2.15 bits per heavy atom. The molecule has 0 radical (unpaired) electrons. The molecule has 0 spiro atoms. The molecule has 6 heteroatoms. The van der Waals surface area contributed by atoms with Gasteiger partial charge < -0.3 is 0 Å². The molecule has 0 N–H and O–H groups in total. The Morgan fingerprint density at radius 2 is 1.65 bits per heavy atom. The molecule has 0 aliphatic heterocycles. The molecule has 20 heavy (non-hydrogen) atoms. The topological polar surface area (TPSA) is 83.3 Å². The third kappa shape index (κ3) is 3.44. The summed E-state index contributed by atoms with van der Waals surface area (Å²) in [7, 11) is 0. The third-order valence-electron chi connectivity index (χ3n) is 2.62. The third-order valence-corrected chi connectivity index (χ3v) is 5.23. The molecule has 2 aromatic rings. The van der Waals surface area contributed by atoms with Crippen LogP contribution in [-0.2, 0) is 4.79 Å². The van der Waals surface area contributed by atoms with Crippen molar-refractivity contribution in [1.29, 1.82) is 0 Å². The molecule has 0 aliphatic carbocycles. The minimum atomic E-state index is -1.16. The molecule has 0 aliphatic rings. The van der Waals surface area contributed by atoms with Crippen molar-refractivity contribution in [1.82, 2.24) is 0 Å². The van der Waals surface area contributed by atoms with Crippen LogP contribution in [0.15, 0.2) is 54.6 Å². The number of carboxylic acid groups (broad SMARTS) is 1. The van der Waals surface area contributed by atoms with E-state index in [1.807, 2.05) is 30.3 Å². The van der Waals surface area contributed by atoms with Gasteiger partial charge in [0.1, 0.15) is 0 Å². The van der Waals surface area contributed by atoms with Gasteiger partial charge in [-0.2, -0.15) is 0 Å². The van der Waals surface area contributed by atoms with E-state index in [0.717, 1.165) is 4.46 Å². The zero-order valence-electron chi connectivity index (χ0n) is 10.3. The van der Waals surface area contributed by atoms with E-state index in [9.17, 15) is 20.0 Å². The van der Waals surface area contributed by atoms with Crippen LogP contribution in [0.4, 0.5) is 5.69 Å². The van der Waals surface area contributed by atoms with E-state index in [2.05, 4.69) is 0 Å². The van der Waals surface area contributed by atoms with Crippen LogP contribution in [0, 0.1) is 10.1 Å². The van der Waals surface area contributed by atoms with Crippen LogP contribution < -0.4 is 9.57 Å². The quantitative estimate of drug-likeness (QED) is 0.450. The molecule has 0 heterocycles. The van der Waals surface area contributed by atoms with Crippen molar-refractivity contribution < 1.29 is 14.8 Å². The summed E-state index contributed by atoms with van der Waals surface area (Å²) in [5, 5.41) is 21.9. The van der Waals surface area contributed by atoms with E-state index in [4.69, 9.17) is 0 Å². The molecule has 2 rings (SSSR count). The van der Waals surface area contributed by atoms with Gasteiger partial charge >= 0.3 is 121 Å². The number of nitro groups is 1. The summed E-state index contributed by atoms with van der Waals surface area (Å²) < 4.78 is 0.938. The molecular weight excluding hydrogens is 325 g/mol. The Morgan fingerprint density at radius 1 is 1.05 bits per heavy atom. The fourth-order valence-corrected chi connectivity index (χ4v) is 3.71. The first kappa shape index (κ1) is 14.2. The fourth-order valence-electron chi connectivity index (χ4n) is 1.66. The summed E-state index contributed by atoms with van der Waals surface area (Å²) in [6, 6.07) is 14.9.